The Kier molecular flexibility index (Phi) is 7.28. The van der Waals surface area contributed by atoms with Gasteiger partial charge in [0, 0.05) is 0 Å². The van der Waals surface area contributed by atoms with Crippen molar-refractivity contribution in [2.45, 2.75) is 55.6 Å². The Balaban J connectivity index is 1.21. The Labute approximate surface area is 249 Å². The van der Waals surface area contributed by atoms with Gasteiger partial charge in [-0.15, -0.1) is 0 Å². The molecule has 8 N–H and O–H groups in total. The fourth-order valence-corrected chi connectivity index (χ4v) is 7.79. The number of nitrogens with one attached hydrogen (secondary N) is 1. The van der Waals surface area contributed by atoms with E-state index in [4.69, 9.17) is 34.5 Å². The van der Waals surface area contributed by atoms with Crippen molar-refractivity contribution in [2.24, 2.45) is 0 Å². The van der Waals surface area contributed by atoms with Gasteiger partial charge >= 0.3 is 15.4 Å². The van der Waals surface area contributed by atoms with Crippen LogP contribution >= 0.6 is 15.4 Å². The summed E-state index contributed by atoms with van der Waals surface area (Å²) in [4.78, 5) is 55.9. The van der Waals surface area contributed by atoms with E-state index >= 15 is 4.39 Å². The Morgan fingerprint density at radius 2 is 1.67 bits per heavy atom. The fourth-order valence-electron chi connectivity index (χ4n) is 5.54. The number of nitrogens with zero attached hydrogens (tertiary/aromatic N) is 7. The Morgan fingerprint density at radius 1 is 0.956 bits per heavy atom. The molecule has 2 bridgehead atoms. The number of rotatable bonds is 2. The molecule has 0 radical (unpaired) electrons. The molecule has 4 aromatic rings. The molecule has 0 spiro atoms. The highest BCUT2D eigenvalue weighted by Crippen LogP contribution is 2.54. The maximum Gasteiger partial charge on any atom is 0.472 e. The molecule has 10 unspecified atom stereocenters. The van der Waals surface area contributed by atoms with E-state index < -0.39 is 82.9 Å². The SMILES string of the molecule is Nc1nc2c(ncn2C2OC3CCP(=O)(O)OC4C(COP(=O)(O)OC2C3O)OC(n2cnc3c(N)ncnc32)C4F)c(=O)[nH]1. The summed E-state index contributed by atoms with van der Waals surface area (Å²) in [5, 5.41) is 11.1. The van der Waals surface area contributed by atoms with Crippen LogP contribution in [0.2, 0.25) is 0 Å². The monoisotopic (exact) mass is 674 g/mol. The number of H-pyrrole nitrogens is 1. The minimum Gasteiger partial charge on any atom is -0.387 e. The maximum absolute atomic E-state index is 15.9. The maximum atomic E-state index is 15.9. The number of aromatic amines is 1. The molecule has 7 rings (SSSR count). The van der Waals surface area contributed by atoms with Gasteiger partial charge in [0.1, 0.15) is 36.3 Å². The standard InChI is InChI=1S/C21H25FN10O11P2/c22-9-13-8(41-19(9)31-5-27-10-15(23)25-4-26-16(10)31)3-39-45(37,38)43-14-12(33)7(1-2-44(35,36)42-13)40-20(14)32-6-28-11-17(32)29-21(24)30-18(11)34/h4-9,12-14,19-20,33H,1-3H2,(H,35,36)(H,37,38)(H2,23,25,26)(H3,24,29,30,34). The summed E-state index contributed by atoms with van der Waals surface area (Å²) in [7, 11) is -9.76. The number of hydrogen-bond acceptors (Lipinski definition) is 16. The summed E-state index contributed by atoms with van der Waals surface area (Å²) in [6, 6.07) is 0. The Hall–Kier alpha value is -3.43. The van der Waals surface area contributed by atoms with Crippen molar-refractivity contribution in [1.29, 1.82) is 0 Å². The van der Waals surface area contributed by atoms with Gasteiger partial charge in [-0.3, -0.25) is 37.0 Å². The summed E-state index contributed by atoms with van der Waals surface area (Å²) in [5.41, 5.74) is 10.8. The number of ether oxygens (including phenoxy) is 2. The second kappa shape index (κ2) is 10.8. The summed E-state index contributed by atoms with van der Waals surface area (Å²) in [5.74, 6) is -0.256. The molecule has 3 aliphatic rings. The van der Waals surface area contributed by atoms with Crippen molar-refractivity contribution in [3.8, 4) is 0 Å². The average molecular weight is 674 g/mol. The Bertz CT molecular complexity index is 1940. The molecule has 0 aliphatic carbocycles. The minimum atomic E-state index is -5.11. The lowest BCUT2D eigenvalue weighted by molar-refractivity contribution is -0.0572. The first kappa shape index (κ1) is 30.2. The van der Waals surface area contributed by atoms with Gasteiger partial charge in [-0.25, -0.2) is 28.9 Å². The minimum absolute atomic E-state index is 0.0135. The van der Waals surface area contributed by atoms with Gasteiger partial charge in [-0.1, -0.05) is 0 Å². The van der Waals surface area contributed by atoms with Crippen LogP contribution in [0.5, 0.6) is 0 Å². The molecule has 3 aliphatic heterocycles. The summed E-state index contributed by atoms with van der Waals surface area (Å²) in [6.45, 7) is -0.863. The van der Waals surface area contributed by atoms with Crippen molar-refractivity contribution in [3.63, 3.8) is 0 Å². The van der Waals surface area contributed by atoms with Crippen LogP contribution in [0.1, 0.15) is 18.9 Å². The predicted octanol–water partition coefficient (Wildman–Crippen LogP) is -0.906. The fraction of sp³-hybridized carbons (Fsp3) is 0.524. The van der Waals surface area contributed by atoms with E-state index in [-0.39, 0.29) is 40.5 Å². The van der Waals surface area contributed by atoms with E-state index in [9.17, 15) is 28.8 Å². The zero-order chi connectivity index (χ0) is 31.8. The highest BCUT2D eigenvalue weighted by molar-refractivity contribution is 7.52. The first-order valence-electron chi connectivity index (χ1n) is 13.3. The number of phosphoric acid groups is 1. The van der Waals surface area contributed by atoms with E-state index in [1.807, 2.05) is 0 Å². The van der Waals surface area contributed by atoms with Crippen LogP contribution in [0.25, 0.3) is 22.3 Å². The number of aromatic nitrogens is 8. The van der Waals surface area contributed by atoms with Crippen LogP contribution in [0.15, 0.2) is 23.8 Å². The molecule has 0 aromatic carbocycles. The van der Waals surface area contributed by atoms with Gasteiger partial charge in [-0.2, -0.15) is 4.98 Å². The van der Waals surface area contributed by atoms with Crippen molar-refractivity contribution in [1.82, 2.24) is 39.0 Å². The number of halogens is 1. The second-order valence-electron chi connectivity index (χ2n) is 10.5. The first-order chi connectivity index (χ1) is 21.3. The number of nitrogens with two attached hydrogens (primary N) is 2. The molecule has 7 heterocycles. The number of imidazole rings is 2. The quantitative estimate of drug-likeness (QED) is 0.140. The molecule has 10 atom stereocenters. The third-order valence-electron chi connectivity index (χ3n) is 7.61. The lowest BCUT2D eigenvalue weighted by atomic mass is 10.1. The van der Waals surface area contributed by atoms with E-state index in [1.165, 1.54) is 10.9 Å². The molecule has 24 heteroatoms. The lowest BCUT2D eigenvalue weighted by Gasteiger charge is -2.25. The number of hydrogen-bond donors (Lipinski definition) is 6. The molecule has 0 amide bonds. The third-order valence-corrected chi connectivity index (χ3v) is 9.99. The molecule has 21 nitrogen and oxygen atoms in total. The highest BCUT2D eigenvalue weighted by atomic mass is 31.2. The smallest absolute Gasteiger partial charge is 0.387 e. The molecular formula is C21H25FN10O11P2. The van der Waals surface area contributed by atoms with E-state index in [1.54, 1.807) is 0 Å². The van der Waals surface area contributed by atoms with Crippen LogP contribution in [-0.4, -0.2) is 103 Å². The number of anilines is 2. The van der Waals surface area contributed by atoms with E-state index in [0.717, 1.165) is 17.2 Å². The lowest BCUT2D eigenvalue weighted by Crippen LogP contribution is -2.34. The number of phosphoric ester groups is 1. The zero-order valence-corrected chi connectivity index (χ0v) is 24.4. The van der Waals surface area contributed by atoms with Crippen molar-refractivity contribution in [3.05, 3.63) is 29.3 Å². The van der Waals surface area contributed by atoms with E-state index in [2.05, 4.69) is 29.9 Å². The van der Waals surface area contributed by atoms with Gasteiger partial charge in [0.15, 0.2) is 41.3 Å². The van der Waals surface area contributed by atoms with Gasteiger partial charge in [0.05, 0.1) is 31.5 Å². The number of alkyl halides is 1. The van der Waals surface area contributed by atoms with Crippen molar-refractivity contribution in [2.75, 3.05) is 24.2 Å². The molecule has 4 aromatic heterocycles. The normalized spacial score (nSPS) is 37.7. The molecule has 3 saturated heterocycles. The Morgan fingerprint density at radius 3 is 2.44 bits per heavy atom. The van der Waals surface area contributed by atoms with Crippen LogP contribution in [0.4, 0.5) is 16.2 Å². The number of nitrogen functional groups attached to an aromatic ring is 2. The van der Waals surface area contributed by atoms with Gasteiger partial charge in [0.25, 0.3) is 5.56 Å². The summed E-state index contributed by atoms with van der Waals surface area (Å²) >= 11 is 0. The van der Waals surface area contributed by atoms with Gasteiger partial charge < -0.3 is 35.8 Å². The van der Waals surface area contributed by atoms with Crippen LogP contribution in [0, 0.1) is 0 Å². The largest absolute Gasteiger partial charge is 0.472 e. The predicted molar refractivity (Wildman–Crippen MR) is 146 cm³/mol. The number of aliphatic hydroxyl groups excluding tert-OH is 1. The number of aliphatic hydroxyl groups is 1. The summed E-state index contributed by atoms with van der Waals surface area (Å²) in [6.07, 6.45) is -10.6. The van der Waals surface area contributed by atoms with Crippen LogP contribution < -0.4 is 17.0 Å². The van der Waals surface area contributed by atoms with Crippen LogP contribution in [-0.2, 0) is 32.2 Å². The summed E-state index contributed by atoms with van der Waals surface area (Å²) < 4.78 is 72.1. The molecule has 3 fully saturated rings. The zero-order valence-electron chi connectivity index (χ0n) is 22.6. The topological polar surface area (TPSA) is 300 Å². The molecular weight excluding hydrogens is 649 g/mol. The van der Waals surface area contributed by atoms with Crippen LogP contribution in [0.3, 0.4) is 0 Å². The average Bonchev–Trinajstić information content (AvgIpc) is 3.72. The highest BCUT2D eigenvalue weighted by Gasteiger charge is 2.54. The van der Waals surface area contributed by atoms with Crippen molar-refractivity contribution >= 4 is 49.5 Å². The van der Waals surface area contributed by atoms with E-state index in [0.29, 0.717) is 0 Å². The second-order valence-corrected chi connectivity index (χ2v) is 13.8. The molecule has 0 saturated carbocycles. The first-order valence-corrected chi connectivity index (χ1v) is 16.5. The van der Waals surface area contributed by atoms with Gasteiger partial charge in [-0.05, 0) is 6.42 Å². The molecule has 242 valence electrons. The van der Waals surface area contributed by atoms with Gasteiger partial charge in [0.2, 0.25) is 5.95 Å². The van der Waals surface area contributed by atoms with Crippen molar-refractivity contribution < 1.29 is 51.5 Å². The molecule has 45 heavy (non-hydrogen) atoms. The number of fused-ring (bicyclic) bond motifs is 5. The third kappa shape index (κ3) is 5.31.